The van der Waals surface area contributed by atoms with E-state index in [4.69, 9.17) is 0 Å². The molecule has 2 heterocycles. The molecule has 0 N–H and O–H groups in total. The number of benzene rings is 2. The summed E-state index contributed by atoms with van der Waals surface area (Å²) < 4.78 is 0. The molecule has 32 heavy (non-hydrogen) atoms. The average Bonchev–Trinajstić information content (AvgIpc) is 3.55. The Kier molecular flexibility index (Phi) is 8.30. The number of rotatable bonds is 11. The van der Waals surface area contributed by atoms with Crippen LogP contribution in [0.25, 0.3) is 0 Å². The van der Waals surface area contributed by atoms with Gasteiger partial charge < -0.3 is 0 Å². The van der Waals surface area contributed by atoms with Gasteiger partial charge in [0.15, 0.2) is 0 Å². The second-order valence-electron chi connectivity index (χ2n) is 8.27. The molecule has 0 fully saturated rings. The predicted octanol–water partition coefficient (Wildman–Crippen LogP) is 7.64. The van der Waals surface area contributed by atoms with Gasteiger partial charge in [-0.25, -0.2) is 0 Å². The molecule has 0 radical (unpaired) electrons. The van der Waals surface area contributed by atoms with Crippen molar-refractivity contribution in [2.75, 3.05) is 13.1 Å². The maximum Gasteiger partial charge on any atom is 0.0334 e. The van der Waals surface area contributed by atoms with Gasteiger partial charge >= 0.3 is 0 Å². The van der Waals surface area contributed by atoms with Crippen molar-refractivity contribution in [3.63, 3.8) is 0 Å². The number of hydrogen-bond acceptors (Lipinski definition) is 4. The minimum absolute atomic E-state index is 0.369. The molecule has 0 aliphatic rings. The Morgan fingerprint density at radius 2 is 0.969 bits per heavy atom. The van der Waals surface area contributed by atoms with E-state index in [2.05, 4.69) is 119 Å². The maximum atomic E-state index is 2.63. The summed E-state index contributed by atoms with van der Waals surface area (Å²) in [6.45, 7) is 8.70. The van der Waals surface area contributed by atoms with E-state index in [1.807, 2.05) is 22.7 Å². The molecule has 4 aromatic rings. The van der Waals surface area contributed by atoms with Gasteiger partial charge in [-0.05, 0) is 47.9 Å². The Hall–Kier alpha value is -2.24. The van der Waals surface area contributed by atoms with Crippen LogP contribution in [0.15, 0.2) is 95.7 Å². The highest BCUT2D eigenvalue weighted by atomic mass is 32.1. The lowest BCUT2D eigenvalue weighted by atomic mass is 10.1. The standard InChI is InChI=1S/C28H32N2S2/c1-23(25-11-5-3-6-12-25)29(21-27-15-9-19-31-27)17-18-30(22-28-16-10-20-32-28)24(2)26-13-7-4-8-14-26/h3-16,19-20,23-24H,17-18,21-22H2,1-2H3/t23-,24-/m0/s1. The lowest BCUT2D eigenvalue weighted by molar-refractivity contribution is 0.135. The van der Waals surface area contributed by atoms with Crippen molar-refractivity contribution in [3.05, 3.63) is 117 Å². The smallest absolute Gasteiger partial charge is 0.0334 e. The van der Waals surface area contributed by atoms with E-state index >= 15 is 0 Å². The minimum atomic E-state index is 0.369. The van der Waals surface area contributed by atoms with Crippen LogP contribution in [-0.4, -0.2) is 22.9 Å². The molecule has 0 saturated carbocycles. The maximum absolute atomic E-state index is 2.63. The third-order valence-electron chi connectivity index (χ3n) is 6.21. The van der Waals surface area contributed by atoms with E-state index in [0.29, 0.717) is 12.1 Å². The molecule has 166 valence electrons. The van der Waals surface area contributed by atoms with Gasteiger partial charge in [-0.2, -0.15) is 0 Å². The fourth-order valence-electron chi connectivity index (χ4n) is 4.17. The Morgan fingerprint density at radius 3 is 1.31 bits per heavy atom. The van der Waals surface area contributed by atoms with Crippen molar-refractivity contribution in [2.24, 2.45) is 0 Å². The van der Waals surface area contributed by atoms with E-state index in [9.17, 15) is 0 Å². The quantitative estimate of drug-likeness (QED) is 0.227. The van der Waals surface area contributed by atoms with Crippen LogP contribution in [0.1, 0.15) is 46.8 Å². The van der Waals surface area contributed by atoms with Crippen LogP contribution in [0.5, 0.6) is 0 Å². The van der Waals surface area contributed by atoms with Crippen LogP contribution in [0.2, 0.25) is 0 Å². The topological polar surface area (TPSA) is 6.48 Å². The molecule has 4 rings (SSSR count). The summed E-state index contributed by atoms with van der Waals surface area (Å²) in [6.07, 6.45) is 0. The fraction of sp³-hybridized carbons (Fsp3) is 0.286. The van der Waals surface area contributed by atoms with Crippen molar-refractivity contribution in [1.29, 1.82) is 0 Å². The summed E-state index contributed by atoms with van der Waals surface area (Å²) in [5.41, 5.74) is 2.76. The van der Waals surface area contributed by atoms with Gasteiger partial charge in [0.1, 0.15) is 0 Å². The minimum Gasteiger partial charge on any atom is -0.290 e. The first-order valence-corrected chi connectivity index (χ1v) is 13.1. The van der Waals surface area contributed by atoms with Gasteiger partial charge in [0, 0.05) is 48.0 Å². The Bertz CT molecular complexity index is 928. The largest absolute Gasteiger partial charge is 0.290 e. The second kappa shape index (κ2) is 11.6. The van der Waals surface area contributed by atoms with Gasteiger partial charge in [-0.3, -0.25) is 9.80 Å². The third-order valence-corrected chi connectivity index (χ3v) is 7.93. The number of thiophene rings is 2. The van der Waals surface area contributed by atoms with E-state index in [0.717, 1.165) is 26.2 Å². The van der Waals surface area contributed by atoms with Crippen molar-refractivity contribution < 1.29 is 0 Å². The summed E-state index contributed by atoms with van der Waals surface area (Å²) in [7, 11) is 0. The zero-order valence-electron chi connectivity index (χ0n) is 18.9. The molecule has 0 aliphatic heterocycles. The van der Waals surface area contributed by atoms with Crippen molar-refractivity contribution in [3.8, 4) is 0 Å². The van der Waals surface area contributed by atoms with Crippen LogP contribution in [0, 0.1) is 0 Å². The van der Waals surface area contributed by atoms with Crippen molar-refractivity contribution >= 4 is 22.7 Å². The van der Waals surface area contributed by atoms with E-state index in [1.165, 1.54) is 20.9 Å². The first-order valence-electron chi connectivity index (χ1n) is 11.3. The number of hydrogen-bond donors (Lipinski definition) is 0. The molecule has 0 bridgehead atoms. The van der Waals surface area contributed by atoms with Crippen molar-refractivity contribution in [2.45, 2.75) is 39.0 Å². The van der Waals surface area contributed by atoms with E-state index < -0.39 is 0 Å². The Balaban J connectivity index is 1.52. The van der Waals surface area contributed by atoms with E-state index in [1.54, 1.807) is 0 Å². The molecule has 0 amide bonds. The molecule has 0 spiro atoms. The van der Waals surface area contributed by atoms with Gasteiger partial charge in [0.2, 0.25) is 0 Å². The lowest BCUT2D eigenvalue weighted by Crippen LogP contribution is -2.37. The summed E-state index contributed by atoms with van der Waals surface area (Å²) >= 11 is 3.70. The molecule has 0 aliphatic carbocycles. The number of nitrogens with zero attached hydrogens (tertiary/aromatic N) is 2. The third kappa shape index (κ3) is 6.17. The Labute approximate surface area is 200 Å². The fourth-order valence-corrected chi connectivity index (χ4v) is 5.63. The lowest BCUT2D eigenvalue weighted by Gasteiger charge is -2.34. The normalized spacial score (nSPS) is 13.5. The van der Waals surface area contributed by atoms with Gasteiger partial charge in [0.25, 0.3) is 0 Å². The molecule has 0 saturated heterocycles. The highest BCUT2D eigenvalue weighted by Gasteiger charge is 2.21. The van der Waals surface area contributed by atoms with E-state index in [-0.39, 0.29) is 0 Å². The second-order valence-corrected chi connectivity index (χ2v) is 10.3. The van der Waals surface area contributed by atoms with Crippen LogP contribution in [0.4, 0.5) is 0 Å². The molecule has 0 unspecified atom stereocenters. The summed E-state index contributed by atoms with van der Waals surface area (Å²) in [6, 6.07) is 31.4. The van der Waals surface area contributed by atoms with Crippen LogP contribution < -0.4 is 0 Å². The van der Waals surface area contributed by atoms with Crippen LogP contribution in [0.3, 0.4) is 0 Å². The average molecular weight is 461 g/mol. The summed E-state index contributed by atoms with van der Waals surface area (Å²) in [5.74, 6) is 0. The monoisotopic (exact) mass is 460 g/mol. The molecular formula is C28H32N2S2. The molecule has 2 nitrogen and oxygen atoms in total. The molecule has 2 aromatic heterocycles. The summed E-state index contributed by atoms with van der Waals surface area (Å²) in [5, 5.41) is 4.36. The zero-order chi connectivity index (χ0) is 22.2. The molecular weight excluding hydrogens is 428 g/mol. The molecule has 2 aromatic carbocycles. The highest BCUT2D eigenvalue weighted by Crippen LogP contribution is 2.27. The zero-order valence-corrected chi connectivity index (χ0v) is 20.6. The SMILES string of the molecule is C[C@@H](c1ccccc1)N(CCN(Cc1cccs1)[C@@H](C)c1ccccc1)Cc1cccs1. The molecule has 4 heteroatoms. The van der Waals surface area contributed by atoms with Gasteiger partial charge in [-0.1, -0.05) is 72.8 Å². The van der Waals surface area contributed by atoms with Crippen molar-refractivity contribution in [1.82, 2.24) is 9.80 Å². The van der Waals surface area contributed by atoms with Crippen LogP contribution in [-0.2, 0) is 13.1 Å². The first kappa shape index (κ1) is 22.9. The first-order chi connectivity index (χ1) is 15.7. The van der Waals surface area contributed by atoms with Gasteiger partial charge in [0.05, 0.1) is 0 Å². The highest BCUT2D eigenvalue weighted by molar-refractivity contribution is 7.10. The molecule has 2 atom stereocenters. The van der Waals surface area contributed by atoms with Gasteiger partial charge in [-0.15, -0.1) is 22.7 Å². The Morgan fingerprint density at radius 1 is 0.562 bits per heavy atom. The predicted molar refractivity (Wildman–Crippen MR) is 139 cm³/mol. The van der Waals surface area contributed by atoms with Crippen LogP contribution >= 0.6 is 22.7 Å². The summed E-state index contributed by atoms with van der Waals surface area (Å²) in [4.78, 5) is 8.10.